The van der Waals surface area contributed by atoms with Gasteiger partial charge in [-0.25, -0.2) is 0 Å². The van der Waals surface area contributed by atoms with E-state index >= 15 is 0 Å². The van der Waals surface area contributed by atoms with Crippen molar-refractivity contribution in [1.82, 2.24) is 0 Å². The summed E-state index contributed by atoms with van der Waals surface area (Å²) in [4.78, 5) is 10.6. The van der Waals surface area contributed by atoms with Crippen molar-refractivity contribution in [1.29, 1.82) is 0 Å². The van der Waals surface area contributed by atoms with Gasteiger partial charge in [0.05, 0.1) is 18.2 Å². The molecule has 0 aromatic heterocycles. The van der Waals surface area contributed by atoms with Crippen LogP contribution in [-0.4, -0.2) is 23.5 Å². The molecule has 0 aliphatic heterocycles. The van der Waals surface area contributed by atoms with Gasteiger partial charge in [0, 0.05) is 11.6 Å². The third kappa shape index (κ3) is 3.51. The zero-order chi connectivity index (χ0) is 15.9. The van der Waals surface area contributed by atoms with Crippen molar-refractivity contribution < 1.29 is 19.6 Å². The molecule has 114 valence electrons. The van der Waals surface area contributed by atoms with Gasteiger partial charge in [0.15, 0.2) is 5.75 Å². The average Bonchev–Trinajstić information content (AvgIpc) is 2.54. The second-order valence-electron chi connectivity index (χ2n) is 4.35. The predicted octanol–water partition coefficient (Wildman–Crippen LogP) is 2.99. The smallest absolute Gasteiger partial charge is 0.315 e. The van der Waals surface area contributed by atoms with Crippen LogP contribution in [0.5, 0.6) is 11.5 Å². The highest BCUT2D eigenvalue weighted by Gasteiger charge is 2.22. The molecule has 0 saturated heterocycles. The van der Waals surface area contributed by atoms with Crippen LogP contribution in [0.4, 0.5) is 5.69 Å². The summed E-state index contributed by atoms with van der Waals surface area (Å²) < 4.78 is 10.7. The van der Waals surface area contributed by atoms with Crippen molar-refractivity contribution in [2.45, 2.75) is 6.61 Å². The lowest BCUT2D eigenvalue weighted by Crippen LogP contribution is -2.02. The Morgan fingerprint density at radius 2 is 2.05 bits per heavy atom. The van der Waals surface area contributed by atoms with Gasteiger partial charge in [0.25, 0.3) is 0 Å². The second kappa shape index (κ2) is 7.07. The maximum Gasteiger partial charge on any atom is 0.315 e. The van der Waals surface area contributed by atoms with E-state index in [1.807, 2.05) is 30.3 Å². The molecule has 7 nitrogen and oxygen atoms in total. The maximum atomic E-state index is 11.2. The first-order valence-electron chi connectivity index (χ1n) is 6.36. The number of ether oxygens (including phenoxy) is 2. The van der Waals surface area contributed by atoms with Crippen LogP contribution in [0.15, 0.2) is 47.6 Å². The van der Waals surface area contributed by atoms with Crippen molar-refractivity contribution in [3.05, 3.63) is 63.7 Å². The summed E-state index contributed by atoms with van der Waals surface area (Å²) in [5.41, 5.74) is 0.947. The maximum absolute atomic E-state index is 11.2. The normalized spacial score (nSPS) is 10.6. The largest absolute Gasteiger partial charge is 0.493 e. The van der Waals surface area contributed by atoms with Crippen LogP contribution in [0, 0.1) is 10.1 Å². The second-order valence-corrected chi connectivity index (χ2v) is 4.35. The number of rotatable bonds is 6. The van der Waals surface area contributed by atoms with Crippen molar-refractivity contribution >= 4 is 11.9 Å². The molecule has 7 heteroatoms. The molecule has 2 aromatic carbocycles. The number of oxime groups is 1. The number of benzene rings is 2. The van der Waals surface area contributed by atoms with E-state index in [1.165, 1.54) is 19.2 Å². The summed E-state index contributed by atoms with van der Waals surface area (Å²) in [7, 11) is 1.38. The third-order valence-corrected chi connectivity index (χ3v) is 2.91. The van der Waals surface area contributed by atoms with E-state index in [1.54, 1.807) is 0 Å². The highest BCUT2D eigenvalue weighted by atomic mass is 16.6. The first-order valence-corrected chi connectivity index (χ1v) is 6.36. The highest BCUT2D eigenvalue weighted by Crippen LogP contribution is 2.38. The molecular formula is C15H14N2O5. The molecule has 2 rings (SSSR count). The van der Waals surface area contributed by atoms with Crippen LogP contribution < -0.4 is 9.47 Å². The minimum absolute atomic E-state index is 0.0337. The molecule has 0 atom stereocenters. The molecule has 0 spiro atoms. The van der Waals surface area contributed by atoms with Crippen molar-refractivity contribution in [2.75, 3.05) is 7.11 Å². The number of nitrogens with zero attached hydrogens (tertiary/aromatic N) is 2. The number of methoxy groups -OCH3 is 1. The number of nitro benzene ring substituents is 1. The minimum Gasteiger partial charge on any atom is -0.493 e. The Bertz CT molecular complexity index is 686. The van der Waals surface area contributed by atoms with Crippen LogP contribution >= 0.6 is 0 Å². The average molecular weight is 302 g/mol. The Hall–Kier alpha value is -3.09. The molecule has 0 unspecified atom stereocenters. The summed E-state index contributed by atoms with van der Waals surface area (Å²) in [6, 6.07) is 12.0. The lowest BCUT2D eigenvalue weighted by Gasteiger charge is -2.11. The standard InChI is InChI=1S/C15H14N2O5/c1-21-14-8-12(9-16-18)7-13(17(19)20)15(14)22-10-11-5-3-2-4-6-11/h2-9,18H,10H2,1H3/b16-9-. The van der Waals surface area contributed by atoms with Gasteiger partial charge in [-0.05, 0) is 11.6 Å². The third-order valence-electron chi connectivity index (χ3n) is 2.91. The summed E-state index contributed by atoms with van der Waals surface area (Å²) in [5, 5.41) is 22.6. The van der Waals surface area contributed by atoms with E-state index in [0.717, 1.165) is 11.8 Å². The first-order chi connectivity index (χ1) is 10.7. The minimum atomic E-state index is -0.572. The van der Waals surface area contributed by atoms with E-state index < -0.39 is 4.92 Å². The molecule has 0 amide bonds. The van der Waals surface area contributed by atoms with Gasteiger partial charge in [-0.15, -0.1) is 0 Å². The fourth-order valence-corrected chi connectivity index (χ4v) is 1.91. The quantitative estimate of drug-likeness (QED) is 0.383. The van der Waals surface area contributed by atoms with Crippen molar-refractivity contribution in [3.8, 4) is 11.5 Å². The highest BCUT2D eigenvalue weighted by molar-refractivity contribution is 5.82. The fourth-order valence-electron chi connectivity index (χ4n) is 1.91. The molecule has 0 radical (unpaired) electrons. The number of nitro groups is 1. The van der Waals surface area contributed by atoms with Gasteiger partial charge in [-0.2, -0.15) is 0 Å². The molecule has 1 N–H and O–H groups in total. The van der Waals surface area contributed by atoms with Crippen molar-refractivity contribution in [2.24, 2.45) is 5.16 Å². The summed E-state index contributed by atoms with van der Waals surface area (Å²) >= 11 is 0. The van der Waals surface area contributed by atoms with Crippen molar-refractivity contribution in [3.63, 3.8) is 0 Å². The topological polar surface area (TPSA) is 94.2 Å². The lowest BCUT2D eigenvalue weighted by molar-refractivity contribution is -0.386. The van der Waals surface area contributed by atoms with E-state index in [0.29, 0.717) is 5.56 Å². The van der Waals surface area contributed by atoms with E-state index in [4.69, 9.17) is 14.7 Å². The number of hydrogen-bond acceptors (Lipinski definition) is 6. The van der Waals surface area contributed by atoms with Crippen LogP contribution in [0.25, 0.3) is 0 Å². The lowest BCUT2D eigenvalue weighted by atomic mass is 10.1. The molecule has 0 heterocycles. The van der Waals surface area contributed by atoms with Gasteiger partial charge in [0.2, 0.25) is 5.75 Å². The SMILES string of the molecule is COc1cc(/C=N\O)cc([N+](=O)[O-])c1OCc1ccccc1. The summed E-state index contributed by atoms with van der Waals surface area (Å²) in [5.74, 6) is 0.228. The molecule has 22 heavy (non-hydrogen) atoms. The molecule has 0 bridgehead atoms. The fraction of sp³-hybridized carbons (Fsp3) is 0.133. The Morgan fingerprint density at radius 1 is 1.32 bits per heavy atom. The first kappa shape index (κ1) is 15.3. The molecular weight excluding hydrogens is 288 g/mol. The van der Waals surface area contributed by atoms with Crippen LogP contribution in [0.1, 0.15) is 11.1 Å². The van der Waals surface area contributed by atoms with Gasteiger partial charge in [-0.3, -0.25) is 10.1 Å². The number of hydrogen-bond donors (Lipinski definition) is 1. The van der Waals surface area contributed by atoms with Gasteiger partial charge < -0.3 is 14.7 Å². The zero-order valence-electron chi connectivity index (χ0n) is 11.8. The van der Waals surface area contributed by atoms with Gasteiger partial charge in [0.1, 0.15) is 6.61 Å². The Kier molecular flexibility index (Phi) is 4.92. The van der Waals surface area contributed by atoms with Crippen LogP contribution in [0.2, 0.25) is 0 Å². The van der Waals surface area contributed by atoms with Gasteiger partial charge >= 0.3 is 5.69 Å². The zero-order valence-corrected chi connectivity index (χ0v) is 11.8. The Balaban J connectivity index is 2.37. The van der Waals surface area contributed by atoms with E-state index in [-0.39, 0.29) is 23.8 Å². The molecule has 2 aromatic rings. The Labute approximate surface area is 126 Å². The molecule has 0 saturated carbocycles. The Morgan fingerprint density at radius 3 is 2.64 bits per heavy atom. The van der Waals surface area contributed by atoms with Crippen LogP contribution in [-0.2, 0) is 6.61 Å². The monoisotopic (exact) mass is 302 g/mol. The summed E-state index contributed by atoms with van der Waals surface area (Å²) in [6.07, 6.45) is 1.08. The predicted molar refractivity (Wildman–Crippen MR) is 79.8 cm³/mol. The summed E-state index contributed by atoms with van der Waals surface area (Å²) in [6.45, 7) is 0.172. The van der Waals surface area contributed by atoms with E-state index in [9.17, 15) is 10.1 Å². The van der Waals surface area contributed by atoms with Gasteiger partial charge in [-0.1, -0.05) is 35.5 Å². The molecule has 0 aliphatic carbocycles. The molecule has 0 aliphatic rings. The van der Waals surface area contributed by atoms with E-state index in [2.05, 4.69) is 5.16 Å². The molecule has 0 fully saturated rings. The van der Waals surface area contributed by atoms with Crippen LogP contribution in [0.3, 0.4) is 0 Å².